The zero-order valence-corrected chi connectivity index (χ0v) is 15.3. The zero-order valence-electron chi connectivity index (χ0n) is 15.3. The van der Waals surface area contributed by atoms with E-state index >= 15 is 0 Å². The van der Waals surface area contributed by atoms with E-state index in [0.29, 0.717) is 24.6 Å². The second-order valence-electron chi connectivity index (χ2n) is 6.76. The number of aromatic nitrogens is 5. The van der Waals surface area contributed by atoms with Crippen molar-refractivity contribution in [3.63, 3.8) is 0 Å². The lowest BCUT2D eigenvalue weighted by atomic mass is 10.0. The minimum absolute atomic E-state index is 0.264. The number of benzene rings is 2. The molecule has 0 unspecified atom stereocenters. The smallest absolute Gasteiger partial charge is 0.321 e. The molecule has 5 rings (SSSR count). The van der Waals surface area contributed by atoms with Crippen LogP contribution < -0.4 is 5.69 Å². The summed E-state index contributed by atoms with van der Waals surface area (Å²) in [6, 6.07) is 16.2. The summed E-state index contributed by atoms with van der Waals surface area (Å²) in [6.45, 7) is 0.556. The summed E-state index contributed by atoms with van der Waals surface area (Å²) < 4.78 is 15.2. The maximum atomic E-state index is 13.2. The number of pyridine rings is 1. The summed E-state index contributed by atoms with van der Waals surface area (Å²) in [4.78, 5) is 27.5. The first-order valence-corrected chi connectivity index (χ1v) is 9.23. The van der Waals surface area contributed by atoms with Gasteiger partial charge >= 0.3 is 5.69 Å². The van der Waals surface area contributed by atoms with Crippen molar-refractivity contribution in [2.45, 2.75) is 13.0 Å². The van der Waals surface area contributed by atoms with Gasteiger partial charge in [0, 0.05) is 23.7 Å². The van der Waals surface area contributed by atoms with Crippen LogP contribution in [0.3, 0.4) is 0 Å². The molecule has 0 spiro atoms. The van der Waals surface area contributed by atoms with Gasteiger partial charge in [0.2, 0.25) is 0 Å². The number of aromatic amines is 1. The van der Waals surface area contributed by atoms with Crippen LogP contribution in [0.4, 0.5) is 4.39 Å². The van der Waals surface area contributed by atoms with Gasteiger partial charge in [-0.2, -0.15) is 4.98 Å². The summed E-state index contributed by atoms with van der Waals surface area (Å²) in [5.41, 5.74) is 3.23. The molecule has 29 heavy (non-hydrogen) atoms. The molecule has 0 saturated carbocycles. The molecule has 2 aromatic carbocycles. The van der Waals surface area contributed by atoms with E-state index in [1.807, 2.05) is 34.9 Å². The average molecular weight is 385 g/mol. The Morgan fingerprint density at radius 1 is 1.00 bits per heavy atom. The van der Waals surface area contributed by atoms with E-state index in [1.165, 1.54) is 12.1 Å². The van der Waals surface area contributed by atoms with Crippen LogP contribution >= 0.6 is 0 Å². The normalized spacial score (nSPS) is 11.3. The minimum Gasteiger partial charge on any atom is -0.321 e. The largest absolute Gasteiger partial charge is 0.348 e. The van der Waals surface area contributed by atoms with Crippen molar-refractivity contribution in [3.05, 3.63) is 88.9 Å². The highest BCUT2D eigenvalue weighted by Crippen LogP contribution is 2.30. The molecule has 3 aromatic rings. The third-order valence-electron chi connectivity index (χ3n) is 4.97. The van der Waals surface area contributed by atoms with E-state index in [4.69, 9.17) is 0 Å². The van der Waals surface area contributed by atoms with Crippen molar-refractivity contribution in [3.8, 4) is 22.9 Å². The fourth-order valence-electron chi connectivity index (χ4n) is 3.58. The standard InChI is InChI=1S/C22H16FN5O/c23-15-8-6-14(7-9-15)10-12-28-19(13-25-20-21(28)27-22(29)26-20)17-3-1-5-18-16(17)4-2-11-24-18/h1-9,11,13H,10,12H2,(H,25,26,29). The Hall–Kier alpha value is -3.87. The van der Waals surface area contributed by atoms with Crippen molar-refractivity contribution in [2.24, 2.45) is 0 Å². The Labute approximate surface area is 165 Å². The fourth-order valence-corrected chi connectivity index (χ4v) is 3.58. The first kappa shape index (κ1) is 17.2. The molecule has 1 aromatic heterocycles. The average Bonchev–Trinajstić information content (AvgIpc) is 3.13. The van der Waals surface area contributed by atoms with E-state index in [9.17, 15) is 9.18 Å². The number of nitrogens with zero attached hydrogens (tertiary/aromatic N) is 4. The SMILES string of the molecule is O=c1nc2n(CCc3ccc(F)cc3)c(-c3cccc4ncccc34)cnc-2[nH]1. The minimum atomic E-state index is -0.431. The van der Waals surface area contributed by atoms with Gasteiger partial charge in [0.15, 0.2) is 11.6 Å². The first-order valence-electron chi connectivity index (χ1n) is 9.23. The lowest BCUT2D eigenvalue weighted by Crippen LogP contribution is -2.11. The van der Waals surface area contributed by atoms with Crippen LogP contribution in [-0.2, 0) is 13.0 Å². The highest BCUT2D eigenvalue weighted by molar-refractivity contribution is 5.93. The Kier molecular flexibility index (Phi) is 4.13. The lowest BCUT2D eigenvalue weighted by Gasteiger charge is -2.18. The molecule has 0 amide bonds. The van der Waals surface area contributed by atoms with Crippen molar-refractivity contribution in [1.29, 1.82) is 0 Å². The van der Waals surface area contributed by atoms with Gasteiger partial charge < -0.3 is 4.57 Å². The fraction of sp³-hybridized carbons (Fsp3) is 0.0909. The molecule has 0 aliphatic carbocycles. The molecule has 0 atom stereocenters. The van der Waals surface area contributed by atoms with Crippen molar-refractivity contribution in [1.82, 2.24) is 24.5 Å². The van der Waals surface area contributed by atoms with Crippen LogP contribution in [-0.4, -0.2) is 24.5 Å². The zero-order chi connectivity index (χ0) is 19.8. The number of H-pyrrole nitrogens is 1. The number of aryl methyl sites for hydroxylation is 1. The van der Waals surface area contributed by atoms with Gasteiger partial charge in [0.1, 0.15) is 5.82 Å². The Morgan fingerprint density at radius 2 is 1.86 bits per heavy atom. The summed E-state index contributed by atoms with van der Waals surface area (Å²) in [5.74, 6) is 0.673. The summed E-state index contributed by atoms with van der Waals surface area (Å²) in [6.07, 6.45) is 4.15. The highest BCUT2D eigenvalue weighted by Gasteiger charge is 2.18. The molecule has 0 radical (unpaired) electrons. The Bertz CT molecular complexity index is 1330. The van der Waals surface area contributed by atoms with Gasteiger partial charge in [-0.25, -0.2) is 14.2 Å². The predicted molar refractivity (Wildman–Crippen MR) is 108 cm³/mol. The molecular formula is C22H16FN5O. The molecule has 142 valence electrons. The van der Waals surface area contributed by atoms with Gasteiger partial charge in [-0.05, 0) is 36.2 Å². The van der Waals surface area contributed by atoms with E-state index in [1.54, 1.807) is 24.5 Å². The Balaban J connectivity index is 1.66. The van der Waals surface area contributed by atoms with Crippen LogP contribution in [0, 0.1) is 5.82 Å². The molecule has 2 aliphatic heterocycles. The van der Waals surface area contributed by atoms with Crippen LogP contribution in [0.25, 0.3) is 33.8 Å². The van der Waals surface area contributed by atoms with Crippen LogP contribution in [0.1, 0.15) is 5.56 Å². The third kappa shape index (κ3) is 3.16. The molecule has 7 heteroatoms. The number of rotatable bonds is 4. The number of hydrogen-bond acceptors (Lipinski definition) is 4. The summed E-state index contributed by atoms with van der Waals surface area (Å²) >= 11 is 0. The quantitative estimate of drug-likeness (QED) is 0.512. The van der Waals surface area contributed by atoms with E-state index < -0.39 is 5.69 Å². The molecule has 0 fully saturated rings. The second kappa shape index (κ2) is 6.94. The number of imidazole rings is 1. The molecule has 0 bridgehead atoms. The topological polar surface area (TPSA) is 76.5 Å². The predicted octanol–water partition coefficient (Wildman–Crippen LogP) is 3.67. The third-order valence-corrected chi connectivity index (χ3v) is 4.97. The van der Waals surface area contributed by atoms with Crippen LogP contribution in [0.5, 0.6) is 0 Å². The van der Waals surface area contributed by atoms with Crippen LogP contribution in [0.2, 0.25) is 0 Å². The molecule has 3 heterocycles. The molecule has 1 N–H and O–H groups in total. The number of nitrogens with one attached hydrogen (secondary N) is 1. The lowest BCUT2D eigenvalue weighted by molar-refractivity contribution is 0.625. The van der Waals surface area contributed by atoms with E-state index in [-0.39, 0.29) is 5.82 Å². The summed E-state index contributed by atoms with van der Waals surface area (Å²) in [7, 11) is 0. The van der Waals surface area contributed by atoms with Gasteiger partial charge in [0.05, 0.1) is 17.4 Å². The van der Waals surface area contributed by atoms with Crippen molar-refractivity contribution < 1.29 is 4.39 Å². The molecule has 6 nitrogen and oxygen atoms in total. The van der Waals surface area contributed by atoms with E-state index in [0.717, 1.165) is 27.7 Å². The number of hydrogen-bond donors (Lipinski definition) is 1. The molecular weight excluding hydrogens is 369 g/mol. The van der Waals surface area contributed by atoms with Gasteiger partial charge in [0.25, 0.3) is 0 Å². The monoisotopic (exact) mass is 385 g/mol. The van der Waals surface area contributed by atoms with Gasteiger partial charge in [-0.1, -0.05) is 30.3 Å². The van der Waals surface area contributed by atoms with Gasteiger partial charge in [-0.15, -0.1) is 0 Å². The maximum absolute atomic E-state index is 13.2. The Morgan fingerprint density at radius 3 is 2.72 bits per heavy atom. The maximum Gasteiger partial charge on any atom is 0.348 e. The van der Waals surface area contributed by atoms with Gasteiger partial charge in [-0.3, -0.25) is 9.97 Å². The van der Waals surface area contributed by atoms with Crippen molar-refractivity contribution >= 4 is 10.9 Å². The van der Waals surface area contributed by atoms with E-state index in [2.05, 4.69) is 19.9 Å². The molecule has 2 aliphatic rings. The summed E-state index contributed by atoms with van der Waals surface area (Å²) in [5, 5.41) is 0.990. The first-order chi connectivity index (χ1) is 14.2. The second-order valence-corrected chi connectivity index (χ2v) is 6.76. The highest BCUT2D eigenvalue weighted by atomic mass is 19.1. The number of halogens is 1. The van der Waals surface area contributed by atoms with Crippen LogP contribution in [0.15, 0.2) is 71.8 Å². The molecule has 0 saturated heterocycles. The van der Waals surface area contributed by atoms with Crippen molar-refractivity contribution in [2.75, 3.05) is 0 Å². The number of fused-ring (bicyclic) bond motifs is 2.